The van der Waals surface area contributed by atoms with E-state index in [1.54, 1.807) is 0 Å². The highest BCUT2D eigenvalue weighted by Crippen LogP contribution is 2.05. The molecule has 0 saturated carbocycles. The summed E-state index contributed by atoms with van der Waals surface area (Å²) in [5.74, 6) is 0. The molecule has 3 nitrogen and oxygen atoms in total. The highest BCUT2D eigenvalue weighted by molar-refractivity contribution is 4.92. The van der Waals surface area contributed by atoms with Crippen LogP contribution in [0.4, 0.5) is 0 Å². The monoisotopic (exact) mass is 140 g/mol. The second-order valence-corrected chi connectivity index (χ2v) is 2.65. The van der Waals surface area contributed by atoms with Crippen molar-refractivity contribution in [1.29, 1.82) is 0 Å². The number of hydrogen-bond acceptors (Lipinski definition) is 2. The van der Waals surface area contributed by atoms with Gasteiger partial charge in [-0.1, -0.05) is 6.08 Å². The molecule has 1 aliphatic heterocycles. The second kappa shape index (κ2) is 3.14. The van der Waals surface area contributed by atoms with E-state index in [4.69, 9.17) is 5.73 Å². The summed E-state index contributed by atoms with van der Waals surface area (Å²) in [6, 6.07) is 0. The zero-order valence-electron chi connectivity index (χ0n) is 6.14. The van der Waals surface area contributed by atoms with Gasteiger partial charge in [-0.2, -0.15) is 0 Å². The van der Waals surface area contributed by atoms with Crippen LogP contribution in [-0.4, -0.2) is 25.3 Å². The lowest BCUT2D eigenvalue weighted by atomic mass is 10.1. The van der Waals surface area contributed by atoms with E-state index in [1.165, 1.54) is 0 Å². The third-order valence-corrected chi connectivity index (χ3v) is 1.64. The molecule has 0 bridgehead atoms. The van der Waals surface area contributed by atoms with Gasteiger partial charge in [-0.15, -0.1) is 6.58 Å². The Morgan fingerprint density at radius 2 is 2.60 bits per heavy atom. The minimum atomic E-state index is -0.375. The minimum absolute atomic E-state index is 0.375. The van der Waals surface area contributed by atoms with Gasteiger partial charge in [-0.05, 0) is 6.42 Å². The molecule has 0 aromatic carbocycles. The summed E-state index contributed by atoms with van der Waals surface area (Å²) in [5, 5.41) is 7.49. The van der Waals surface area contributed by atoms with Crippen molar-refractivity contribution in [1.82, 2.24) is 10.6 Å². The first-order valence-electron chi connectivity index (χ1n) is 3.56. The molecule has 3 heteroatoms. The van der Waals surface area contributed by atoms with Crippen LogP contribution in [-0.2, 0) is 0 Å². The highest BCUT2D eigenvalue weighted by Gasteiger charge is 2.25. The number of hydrogen-bond donors (Lipinski definition) is 2. The van der Waals surface area contributed by atoms with Gasteiger partial charge in [0.15, 0.2) is 0 Å². The van der Waals surface area contributed by atoms with Crippen molar-refractivity contribution in [2.75, 3.05) is 19.6 Å². The third kappa shape index (κ3) is 1.80. The first kappa shape index (κ1) is 7.72. The Morgan fingerprint density at radius 1 is 1.80 bits per heavy atom. The Hall–Kier alpha value is -0.380. The molecule has 1 fully saturated rings. The summed E-state index contributed by atoms with van der Waals surface area (Å²) < 4.78 is 0. The lowest BCUT2D eigenvalue weighted by Crippen LogP contribution is -2.60. The normalized spacial score (nSPS) is 33.7. The van der Waals surface area contributed by atoms with Gasteiger partial charge in [0.25, 0.3) is 0 Å². The van der Waals surface area contributed by atoms with E-state index in [9.17, 15) is 0 Å². The molecule has 3 N–H and O–H groups in total. The predicted octanol–water partition coefficient (Wildman–Crippen LogP) is -0.575. The molecule has 1 atom stereocenters. The Balaban J connectivity index is 2.39. The van der Waals surface area contributed by atoms with Crippen LogP contribution < -0.4 is 16.4 Å². The summed E-state index contributed by atoms with van der Waals surface area (Å²) in [7, 11) is 0. The van der Waals surface area contributed by atoms with Gasteiger partial charge in [-0.3, -0.25) is 0 Å². The summed E-state index contributed by atoms with van der Waals surface area (Å²) >= 11 is 0. The first-order chi connectivity index (χ1) is 4.77. The number of nitrogens with one attached hydrogen (secondary N) is 1. The molecule has 0 aromatic heterocycles. The minimum Gasteiger partial charge on any atom is -0.312 e. The number of rotatable bonds is 2. The largest absolute Gasteiger partial charge is 0.312 e. The van der Waals surface area contributed by atoms with Crippen LogP contribution in [0.2, 0.25) is 0 Å². The standard InChI is InChI=1S/C7H14N3/c1-2-3-7(8)6-9-4-5-10-7/h2,9H,1,3-6,8H2. The van der Waals surface area contributed by atoms with Crippen molar-refractivity contribution in [3.8, 4) is 0 Å². The Morgan fingerprint density at radius 3 is 3.10 bits per heavy atom. The van der Waals surface area contributed by atoms with Crippen LogP contribution in [0.3, 0.4) is 0 Å². The van der Waals surface area contributed by atoms with Crippen LogP contribution in [0.1, 0.15) is 6.42 Å². The molecule has 57 valence electrons. The molecular formula is C7H14N3. The van der Waals surface area contributed by atoms with Crippen LogP contribution in [0.25, 0.3) is 0 Å². The van der Waals surface area contributed by atoms with E-state index >= 15 is 0 Å². The molecule has 0 amide bonds. The quantitative estimate of drug-likeness (QED) is 0.504. The fourth-order valence-electron chi connectivity index (χ4n) is 1.11. The van der Waals surface area contributed by atoms with Gasteiger partial charge in [0.2, 0.25) is 0 Å². The van der Waals surface area contributed by atoms with Gasteiger partial charge in [0.05, 0.1) is 5.66 Å². The molecule has 1 aliphatic rings. The fraction of sp³-hybridized carbons (Fsp3) is 0.714. The zero-order valence-corrected chi connectivity index (χ0v) is 6.14. The maximum Gasteiger partial charge on any atom is 0.0984 e. The summed E-state index contributed by atoms with van der Waals surface area (Å²) in [4.78, 5) is 0. The number of nitrogens with zero attached hydrogens (tertiary/aromatic N) is 1. The molecule has 1 radical (unpaired) electrons. The average molecular weight is 140 g/mol. The predicted molar refractivity (Wildman–Crippen MR) is 41.6 cm³/mol. The third-order valence-electron chi connectivity index (χ3n) is 1.64. The van der Waals surface area contributed by atoms with Crippen molar-refractivity contribution >= 4 is 0 Å². The lowest BCUT2D eigenvalue weighted by Gasteiger charge is -2.32. The molecule has 1 heterocycles. The maximum atomic E-state index is 5.87. The van der Waals surface area contributed by atoms with E-state index in [-0.39, 0.29) is 5.66 Å². The number of piperazine rings is 1. The molecule has 0 spiro atoms. The van der Waals surface area contributed by atoms with Crippen molar-refractivity contribution in [3.63, 3.8) is 0 Å². The molecule has 1 saturated heterocycles. The molecule has 0 aliphatic carbocycles. The highest BCUT2D eigenvalue weighted by atomic mass is 15.2. The SMILES string of the molecule is C=CCC1(N)CNCC[N]1. The van der Waals surface area contributed by atoms with E-state index in [2.05, 4.69) is 17.2 Å². The van der Waals surface area contributed by atoms with E-state index in [1.807, 2.05) is 6.08 Å². The number of nitrogens with two attached hydrogens (primary N) is 1. The lowest BCUT2D eigenvalue weighted by molar-refractivity contribution is 0.275. The van der Waals surface area contributed by atoms with Gasteiger partial charge in [-0.25, -0.2) is 5.32 Å². The zero-order chi connectivity index (χ0) is 7.45. The van der Waals surface area contributed by atoms with E-state index < -0.39 is 0 Å². The van der Waals surface area contributed by atoms with Crippen LogP contribution >= 0.6 is 0 Å². The van der Waals surface area contributed by atoms with Crippen molar-refractivity contribution < 1.29 is 0 Å². The molecular weight excluding hydrogens is 126 g/mol. The van der Waals surface area contributed by atoms with E-state index in [0.29, 0.717) is 0 Å². The molecule has 1 rings (SSSR count). The fourth-order valence-corrected chi connectivity index (χ4v) is 1.11. The van der Waals surface area contributed by atoms with Crippen molar-refractivity contribution in [2.24, 2.45) is 5.73 Å². The van der Waals surface area contributed by atoms with Crippen molar-refractivity contribution in [2.45, 2.75) is 12.1 Å². The van der Waals surface area contributed by atoms with Crippen LogP contribution in [0.5, 0.6) is 0 Å². The van der Waals surface area contributed by atoms with E-state index in [0.717, 1.165) is 26.1 Å². The average Bonchev–Trinajstić information content (AvgIpc) is 1.89. The second-order valence-electron chi connectivity index (χ2n) is 2.65. The summed E-state index contributed by atoms with van der Waals surface area (Å²) in [5.41, 5.74) is 5.49. The smallest absolute Gasteiger partial charge is 0.0984 e. The van der Waals surface area contributed by atoms with Crippen LogP contribution in [0.15, 0.2) is 12.7 Å². The van der Waals surface area contributed by atoms with Gasteiger partial charge in [0.1, 0.15) is 0 Å². The Kier molecular flexibility index (Phi) is 2.43. The summed E-state index contributed by atoms with van der Waals surface area (Å²) in [6.45, 7) is 6.19. The topological polar surface area (TPSA) is 52.1 Å². The molecule has 0 aromatic rings. The molecule has 10 heavy (non-hydrogen) atoms. The van der Waals surface area contributed by atoms with Crippen LogP contribution in [0, 0.1) is 0 Å². The van der Waals surface area contributed by atoms with Gasteiger partial charge >= 0.3 is 0 Å². The van der Waals surface area contributed by atoms with Crippen molar-refractivity contribution in [3.05, 3.63) is 12.7 Å². The van der Waals surface area contributed by atoms with Gasteiger partial charge < -0.3 is 11.1 Å². The first-order valence-corrected chi connectivity index (χ1v) is 3.56. The maximum absolute atomic E-state index is 5.87. The van der Waals surface area contributed by atoms with Gasteiger partial charge in [0, 0.05) is 19.6 Å². The molecule has 1 unspecified atom stereocenters. The summed E-state index contributed by atoms with van der Waals surface area (Å²) in [6.07, 6.45) is 2.58. The Labute approximate surface area is 61.7 Å². The Bertz CT molecular complexity index is 116.